The molecule has 0 saturated heterocycles. The van der Waals surface area contributed by atoms with Crippen LogP contribution in [0, 0.1) is 0 Å². The van der Waals surface area contributed by atoms with Crippen LogP contribution in [0.2, 0.25) is 0 Å². The summed E-state index contributed by atoms with van der Waals surface area (Å²) in [6.45, 7) is 0. The van der Waals surface area contributed by atoms with E-state index in [1.54, 1.807) is 18.5 Å². The number of nitrogens with two attached hydrogens (primary N) is 1. The summed E-state index contributed by atoms with van der Waals surface area (Å²) in [7, 11) is -3.17. The lowest BCUT2D eigenvalue weighted by molar-refractivity contribution is 0.603. The Labute approximate surface area is 65.3 Å². The smallest absolute Gasteiger partial charge is 0.206 e. The van der Waals surface area contributed by atoms with Gasteiger partial charge in [-0.3, -0.25) is 0 Å². The Morgan fingerprint density at radius 1 is 1.27 bits per heavy atom. The number of primary sulfonamides is 1. The molecule has 1 rings (SSSR count). The number of sulfonamides is 1. The lowest BCUT2D eigenvalue weighted by Crippen LogP contribution is -2.07. The van der Waals surface area contributed by atoms with E-state index in [1.165, 1.54) is 6.33 Å². The minimum absolute atomic E-state index is 0.938. The second-order valence-electron chi connectivity index (χ2n) is 1.73. The highest BCUT2D eigenvalue weighted by atomic mass is 32.2. The first kappa shape index (κ1) is 9.99. The van der Waals surface area contributed by atoms with Crippen molar-refractivity contribution < 1.29 is 8.42 Å². The third-order valence-electron chi connectivity index (χ3n) is 0.478. The molecule has 2 N–H and O–H groups in total. The van der Waals surface area contributed by atoms with Crippen molar-refractivity contribution in [1.82, 2.24) is 9.97 Å². The molecule has 0 unspecified atom stereocenters. The Bertz CT molecular complexity index is 236. The standard InChI is InChI=1S/C4H4N2.CH5NO2S/c1-2-5-4-6-3-1;1-5(2,3)4/h1-4H;1H3,(H2,2,3,4). The molecule has 1 aromatic rings. The van der Waals surface area contributed by atoms with E-state index < -0.39 is 10.0 Å². The maximum atomic E-state index is 9.41. The fraction of sp³-hybridized carbons (Fsp3) is 0.200. The van der Waals surface area contributed by atoms with Crippen LogP contribution in [0.4, 0.5) is 0 Å². The Morgan fingerprint density at radius 3 is 1.73 bits per heavy atom. The van der Waals surface area contributed by atoms with Crippen LogP contribution >= 0.6 is 0 Å². The van der Waals surface area contributed by atoms with E-state index in [1.807, 2.05) is 0 Å². The molecule has 0 saturated carbocycles. The highest BCUT2D eigenvalue weighted by Crippen LogP contribution is 1.66. The van der Waals surface area contributed by atoms with Gasteiger partial charge in [-0.25, -0.2) is 23.5 Å². The first-order valence-electron chi connectivity index (χ1n) is 2.68. The molecule has 0 atom stereocenters. The molecule has 0 aromatic carbocycles. The zero-order valence-corrected chi connectivity index (χ0v) is 6.82. The van der Waals surface area contributed by atoms with Crippen LogP contribution in [-0.4, -0.2) is 24.6 Å². The van der Waals surface area contributed by atoms with Crippen molar-refractivity contribution in [2.45, 2.75) is 0 Å². The molecule has 11 heavy (non-hydrogen) atoms. The summed E-state index contributed by atoms with van der Waals surface area (Å²) < 4.78 is 18.8. The van der Waals surface area contributed by atoms with Crippen LogP contribution in [0.15, 0.2) is 24.8 Å². The van der Waals surface area contributed by atoms with Crippen LogP contribution in [0.5, 0.6) is 0 Å². The van der Waals surface area contributed by atoms with Crippen molar-refractivity contribution in [2.24, 2.45) is 5.14 Å². The third kappa shape index (κ3) is 17.6. The van der Waals surface area contributed by atoms with Gasteiger partial charge < -0.3 is 0 Å². The van der Waals surface area contributed by atoms with E-state index in [-0.39, 0.29) is 0 Å². The Morgan fingerprint density at radius 2 is 1.64 bits per heavy atom. The van der Waals surface area contributed by atoms with Crippen LogP contribution < -0.4 is 5.14 Å². The van der Waals surface area contributed by atoms with Gasteiger partial charge in [-0.2, -0.15) is 0 Å². The molecule has 0 spiro atoms. The van der Waals surface area contributed by atoms with Gasteiger partial charge in [-0.05, 0) is 6.07 Å². The summed E-state index contributed by atoms with van der Waals surface area (Å²) >= 11 is 0. The van der Waals surface area contributed by atoms with Crippen LogP contribution in [0.1, 0.15) is 0 Å². The van der Waals surface area contributed by atoms with Gasteiger partial charge in [0.1, 0.15) is 6.33 Å². The number of hydrogen-bond donors (Lipinski definition) is 1. The predicted octanol–water partition coefficient (Wildman–Crippen LogP) is -0.619. The molecular weight excluding hydrogens is 166 g/mol. The zero-order chi connectivity index (χ0) is 8.74. The van der Waals surface area contributed by atoms with Gasteiger partial charge in [-0.15, -0.1) is 0 Å². The average molecular weight is 175 g/mol. The monoisotopic (exact) mass is 175 g/mol. The largest absolute Gasteiger partial charge is 0.245 e. The molecule has 0 aliphatic rings. The number of nitrogens with zero attached hydrogens (tertiary/aromatic N) is 2. The van der Waals surface area contributed by atoms with Gasteiger partial charge in [0.15, 0.2) is 0 Å². The van der Waals surface area contributed by atoms with E-state index >= 15 is 0 Å². The molecule has 5 nitrogen and oxygen atoms in total. The van der Waals surface area contributed by atoms with E-state index in [9.17, 15) is 8.42 Å². The molecule has 6 heteroatoms. The molecule has 1 aromatic heterocycles. The van der Waals surface area contributed by atoms with E-state index in [0.717, 1.165) is 6.26 Å². The van der Waals surface area contributed by atoms with E-state index in [4.69, 9.17) is 0 Å². The van der Waals surface area contributed by atoms with Gasteiger partial charge >= 0.3 is 0 Å². The highest BCUT2D eigenvalue weighted by Gasteiger charge is 1.78. The molecular formula is C5H9N3O2S. The van der Waals surface area contributed by atoms with Crippen molar-refractivity contribution in [1.29, 1.82) is 0 Å². The Hall–Kier alpha value is -1.01. The molecule has 0 aliphatic heterocycles. The maximum Gasteiger partial charge on any atom is 0.206 e. The molecule has 0 radical (unpaired) electrons. The average Bonchev–Trinajstić information content (AvgIpc) is 1.88. The topological polar surface area (TPSA) is 85.9 Å². The molecule has 0 fully saturated rings. The third-order valence-corrected chi connectivity index (χ3v) is 0.478. The lowest BCUT2D eigenvalue weighted by atomic mass is 10.7. The molecule has 62 valence electrons. The Kier molecular flexibility index (Phi) is 4.32. The fourth-order valence-electron chi connectivity index (χ4n) is 0.253. The maximum absolute atomic E-state index is 9.41. The first-order chi connectivity index (χ1) is 5.00. The zero-order valence-electron chi connectivity index (χ0n) is 6.01. The fourth-order valence-corrected chi connectivity index (χ4v) is 0.253. The highest BCUT2D eigenvalue weighted by molar-refractivity contribution is 7.88. The molecule has 1 heterocycles. The van der Waals surface area contributed by atoms with Crippen LogP contribution in [0.3, 0.4) is 0 Å². The normalized spacial score (nSPS) is 9.64. The van der Waals surface area contributed by atoms with Crippen molar-refractivity contribution >= 4 is 10.0 Å². The Balaban J connectivity index is 0.000000187. The van der Waals surface area contributed by atoms with Gasteiger partial charge in [0, 0.05) is 12.4 Å². The van der Waals surface area contributed by atoms with Crippen molar-refractivity contribution in [2.75, 3.05) is 6.26 Å². The number of aromatic nitrogens is 2. The van der Waals surface area contributed by atoms with Gasteiger partial charge in [0.05, 0.1) is 6.26 Å². The molecule has 0 bridgehead atoms. The minimum atomic E-state index is -3.17. The SMILES string of the molecule is CS(N)(=O)=O.c1cncnc1. The van der Waals surface area contributed by atoms with Crippen molar-refractivity contribution in [3.05, 3.63) is 24.8 Å². The summed E-state index contributed by atoms with van der Waals surface area (Å²) in [4.78, 5) is 7.35. The van der Waals surface area contributed by atoms with Gasteiger partial charge in [-0.1, -0.05) is 0 Å². The van der Waals surface area contributed by atoms with E-state index in [2.05, 4.69) is 15.1 Å². The molecule has 0 aliphatic carbocycles. The summed E-state index contributed by atoms with van der Waals surface area (Å²) in [6, 6.07) is 1.78. The van der Waals surface area contributed by atoms with Gasteiger partial charge in [0.2, 0.25) is 10.0 Å². The van der Waals surface area contributed by atoms with Crippen molar-refractivity contribution in [3.63, 3.8) is 0 Å². The first-order valence-corrected chi connectivity index (χ1v) is 4.63. The van der Waals surface area contributed by atoms with Crippen molar-refractivity contribution in [3.8, 4) is 0 Å². The van der Waals surface area contributed by atoms with Crippen LogP contribution in [0.25, 0.3) is 0 Å². The quantitative estimate of drug-likeness (QED) is 0.569. The van der Waals surface area contributed by atoms with Crippen LogP contribution in [-0.2, 0) is 10.0 Å². The second kappa shape index (κ2) is 4.75. The number of hydrogen-bond acceptors (Lipinski definition) is 4. The lowest BCUT2D eigenvalue weighted by Gasteiger charge is -1.71. The minimum Gasteiger partial charge on any atom is -0.245 e. The second-order valence-corrected chi connectivity index (χ2v) is 3.39. The summed E-state index contributed by atoms with van der Waals surface area (Å²) in [5.41, 5.74) is 0. The summed E-state index contributed by atoms with van der Waals surface area (Å²) in [6.07, 6.45) is 5.81. The molecule has 0 amide bonds. The predicted molar refractivity (Wildman–Crippen MR) is 41.1 cm³/mol. The van der Waals surface area contributed by atoms with E-state index in [0.29, 0.717) is 0 Å². The number of rotatable bonds is 0. The summed E-state index contributed by atoms with van der Waals surface area (Å²) in [5, 5.41) is 4.33. The summed E-state index contributed by atoms with van der Waals surface area (Å²) in [5.74, 6) is 0. The van der Waals surface area contributed by atoms with Gasteiger partial charge in [0.25, 0.3) is 0 Å².